The van der Waals surface area contributed by atoms with E-state index in [-0.39, 0.29) is 35.6 Å². The van der Waals surface area contributed by atoms with E-state index in [2.05, 4.69) is 184 Å². The smallest absolute Gasteiger partial charge is 1.00 e. The van der Waals surface area contributed by atoms with Crippen LogP contribution in [0.2, 0.25) is 39.3 Å². The van der Waals surface area contributed by atoms with E-state index >= 15 is 0 Å². The molecule has 50 heavy (non-hydrogen) atoms. The second-order valence-electron chi connectivity index (χ2n) is 18.3. The van der Waals surface area contributed by atoms with Crippen LogP contribution in [0.25, 0.3) is 11.1 Å². The Morgan fingerprint density at radius 1 is 0.580 bits per heavy atom. The molecule has 4 aromatic carbocycles. The van der Waals surface area contributed by atoms with Gasteiger partial charge in [-0.3, -0.25) is 0 Å². The fourth-order valence-corrected chi connectivity index (χ4v) is 23.9. The molecule has 0 N–H and O–H groups in total. The molecular formula is C45H56Cl2Si2Zr. The van der Waals surface area contributed by atoms with Crippen molar-refractivity contribution in [1.29, 1.82) is 0 Å². The largest absolute Gasteiger partial charge is 1.00 e. The Hall–Kier alpha value is -1.87. The summed E-state index contributed by atoms with van der Waals surface area (Å²) >= 11 is -2.91. The van der Waals surface area contributed by atoms with Crippen LogP contribution in [-0.4, -0.2) is 19.4 Å². The van der Waals surface area contributed by atoms with Gasteiger partial charge in [-0.1, -0.05) is 0 Å². The van der Waals surface area contributed by atoms with Crippen molar-refractivity contribution in [3.05, 3.63) is 150 Å². The molecule has 0 heterocycles. The number of hydrogen-bond donors (Lipinski definition) is 0. The first-order valence-electron chi connectivity index (χ1n) is 17.9. The summed E-state index contributed by atoms with van der Waals surface area (Å²) in [6.45, 7) is 29.8. The van der Waals surface area contributed by atoms with Crippen LogP contribution in [0.5, 0.6) is 0 Å². The standard InChI is InChI=1S/C21H25.C13H10.C11H21Si2.2ClH.Zr/c1-20(2,3)16-7-9-18-14(12-16)11-15-13-17(21(4,5)6)8-10-19(15)18;1-3-7-12(8-4-1)11-13-9-5-2-6-10-13;1-12(2,3)10-7-8-11(9-10)13(4,5)6;;;/h7-13H,1-6H3;1-10H;9H,7H2,1-6H3;2*1H;/q;;;;;+2/p-2. The molecule has 5 heteroatoms. The van der Waals surface area contributed by atoms with Gasteiger partial charge in [0, 0.05) is 0 Å². The second-order valence-corrected chi connectivity index (χ2v) is 34.6. The molecule has 0 bridgehead atoms. The Bertz CT molecular complexity index is 1860. The number of allylic oxidation sites excluding steroid dienone is 4. The maximum atomic E-state index is 2.76. The fourth-order valence-electron chi connectivity index (χ4n) is 7.65. The zero-order chi connectivity index (χ0) is 34.8. The second kappa shape index (κ2) is 14.9. The molecule has 0 aromatic heterocycles. The molecule has 2 aliphatic rings. The molecule has 0 radical (unpaired) electrons. The van der Waals surface area contributed by atoms with Crippen LogP contribution in [0.3, 0.4) is 0 Å². The van der Waals surface area contributed by atoms with E-state index in [1.54, 1.807) is 24.7 Å². The maximum absolute atomic E-state index is 2.91. The summed E-state index contributed by atoms with van der Waals surface area (Å²) in [5.41, 5.74) is 12.0. The van der Waals surface area contributed by atoms with E-state index < -0.39 is 37.4 Å². The van der Waals surface area contributed by atoms with Crippen molar-refractivity contribution < 1.29 is 46.1 Å². The van der Waals surface area contributed by atoms with Gasteiger partial charge in [-0.2, -0.15) is 0 Å². The topological polar surface area (TPSA) is 0 Å². The van der Waals surface area contributed by atoms with Crippen LogP contribution >= 0.6 is 0 Å². The summed E-state index contributed by atoms with van der Waals surface area (Å²) in [5.74, 6) is 0. The fraction of sp³-hybridized carbons (Fsp3) is 0.356. The number of hydrogen-bond acceptors (Lipinski definition) is 0. The van der Waals surface area contributed by atoms with Gasteiger partial charge in [0.05, 0.1) is 0 Å². The number of benzene rings is 4. The van der Waals surface area contributed by atoms with E-state index in [1.807, 2.05) is 3.28 Å². The third-order valence-electron chi connectivity index (χ3n) is 10.5. The van der Waals surface area contributed by atoms with Crippen LogP contribution in [0.4, 0.5) is 0 Å². The molecule has 0 atom stereocenters. The quantitative estimate of drug-likeness (QED) is 0.193. The van der Waals surface area contributed by atoms with E-state index in [0.29, 0.717) is 3.63 Å². The Balaban J connectivity index is 0.00000281. The average molecular weight is 815 g/mol. The van der Waals surface area contributed by atoms with E-state index in [1.165, 1.54) is 39.8 Å². The molecule has 0 spiro atoms. The summed E-state index contributed by atoms with van der Waals surface area (Å²) < 4.78 is 3.96. The average Bonchev–Trinajstić information content (AvgIpc) is 3.60. The molecule has 0 nitrogen and oxygen atoms in total. The summed E-state index contributed by atoms with van der Waals surface area (Å²) in [6, 6.07) is 38.1. The van der Waals surface area contributed by atoms with Gasteiger partial charge in [-0.25, -0.2) is 0 Å². The van der Waals surface area contributed by atoms with E-state index in [0.717, 1.165) is 0 Å². The van der Waals surface area contributed by atoms with Crippen molar-refractivity contribution in [3.8, 4) is 11.1 Å². The zero-order valence-electron chi connectivity index (χ0n) is 32.4. The van der Waals surface area contributed by atoms with Crippen molar-refractivity contribution in [3.63, 3.8) is 0 Å². The van der Waals surface area contributed by atoms with Crippen LogP contribution < -0.4 is 24.8 Å². The monoisotopic (exact) mass is 812 g/mol. The molecule has 0 unspecified atom stereocenters. The van der Waals surface area contributed by atoms with E-state index in [4.69, 9.17) is 0 Å². The first kappa shape index (κ1) is 40.9. The van der Waals surface area contributed by atoms with Gasteiger partial charge in [0.2, 0.25) is 0 Å². The minimum Gasteiger partial charge on any atom is -1.00 e. The zero-order valence-corrected chi connectivity index (χ0v) is 38.3. The minimum atomic E-state index is -2.91. The number of rotatable bonds is 6. The predicted octanol–water partition coefficient (Wildman–Crippen LogP) is 6.59. The number of halogens is 2. The summed E-state index contributed by atoms with van der Waals surface area (Å²) in [6.07, 6.45) is 3.95. The molecule has 0 amide bonds. The molecule has 6 rings (SSSR count). The van der Waals surface area contributed by atoms with Crippen molar-refractivity contribution in [1.82, 2.24) is 0 Å². The normalized spacial score (nSPS) is 14.6. The Morgan fingerprint density at radius 2 is 1.00 bits per heavy atom. The Kier molecular flexibility index (Phi) is 12.2. The molecular weight excluding hydrogens is 759 g/mol. The van der Waals surface area contributed by atoms with Crippen molar-refractivity contribution >= 4 is 19.4 Å². The summed E-state index contributed by atoms with van der Waals surface area (Å²) in [4.78, 5) is 0. The predicted molar refractivity (Wildman–Crippen MR) is 214 cm³/mol. The SMILES string of the molecule is CC(C)(C)c1ccc2c(c1)[CH]([Zr+2]([C]1=C([Si](C)(C)C)C=C([Si](C)(C)C)C1)=[C](c1ccccc1)c1ccccc1)c1cc(C(C)(C)C)ccc1-2.[Cl-].[Cl-]. The molecule has 2 aliphatic carbocycles. The van der Waals surface area contributed by atoms with E-state index in [9.17, 15) is 0 Å². The van der Waals surface area contributed by atoms with Gasteiger partial charge in [0.15, 0.2) is 0 Å². The van der Waals surface area contributed by atoms with Gasteiger partial charge in [-0.15, -0.1) is 0 Å². The first-order valence-corrected chi connectivity index (χ1v) is 28.8. The van der Waals surface area contributed by atoms with Crippen LogP contribution in [0.1, 0.15) is 85.0 Å². The van der Waals surface area contributed by atoms with Crippen LogP contribution in [-0.2, 0) is 32.1 Å². The molecule has 0 fully saturated rings. The third-order valence-corrected chi connectivity index (χ3v) is 23.8. The Morgan fingerprint density at radius 3 is 1.36 bits per heavy atom. The van der Waals surface area contributed by atoms with Crippen molar-refractivity contribution in [2.75, 3.05) is 0 Å². The van der Waals surface area contributed by atoms with Gasteiger partial charge in [0.1, 0.15) is 0 Å². The maximum Gasteiger partial charge on any atom is -1.00 e. The minimum absolute atomic E-state index is 0. The van der Waals surface area contributed by atoms with Gasteiger partial charge in [0.25, 0.3) is 0 Å². The molecule has 262 valence electrons. The third kappa shape index (κ3) is 8.03. The van der Waals surface area contributed by atoms with Crippen LogP contribution in [0.15, 0.2) is 117 Å². The molecule has 0 aliphatic heterocycles. The Labute approximate surface area is 325 Å². The summed E-state index contributed by atoms with van der Waals surface area (Å²) in [5, 5.41) is 3.53. The summed E-state index contributed by atoms with van der Waals surface area (Å²) in [7, 11) is -3.19. The molecule has 0 saturated carbocycles. The number of fused-ring (bicyclic) bond motifs is 3. The van der Waals surface area contributed by atoms with Crippen LogP contribution in [0, 0.1) is 0 Å². The molecule has 4 aromatic rings. The van der Waals surface area contributed by atoms with Crippen molar-refractivity contribution in [2.45, 2.75) is 102 Å². The van der Waals surface area contributed by atoms with Gasteiger partial charge < -0.3 is 24.8 Å². The first-order chi connectivity index (χ1) is 22.4. The van der Waals surface area contributed by atoms with Gasteiger partial charge in [-0.05, 0) is 0 Å². The molecule has 0 saturated heterocycles. The van der Waals surface area contributed by atoms with Crippen molar-refractivity contribution in [2.24, 2.45) is 0 Å². The van der Waals surface area contributed by atoms with Gasteiger partial charge >= 0.3 is 304 Å².